The fourth-order valence-electron chi connectivity index (χ4n) is 2.20. The molecule has 7 heteroatoms. The smallest absolute Gasteiger partial charge is 0.317 e. The van der Waals surface area contributed by atoms with Crippen molar-refractivity contribution in [3.05, 3.63) is 0 Å². The van der Waals surface area contributed by atoms with E-state index in [-0.39, 0.29) is 30.7 Å². The Bertz CT molecular complexity index is 363. The summed E-state index contributed by atoms with van der Waals surface area (Å²) in [7, 11) is 3.36. The number of rotatable bonds is 5. The second kappa shape index (κ2) is 7.72. The highest BCUT2D eigenvalue weighted by Crippen LogP contribution is 2.20. The first-order chi connectivity index (χ1) is 9.40. The van der Waals surface area contributed by atoms with Crippen molar-refractivity contribution in [3.8, 4) is 0 Å². The van der Waals surface area contributed by atoms with Crippen LogP contribution in [0.15, 0.2) is 0 Å². The van der Waals surface area contributed by atoms with E-state index in [1.54, 1.807) is 19.0 Å². The molecule has 1 rings (SSSR count). The fourth-order valence-corrected chi connectivity index (χ4v) is 2.20. The van der Waals surface area contributed by atoms with E-state index in [0.717, 1.165) is 12.8 Å². The summed E-state index contributed by atoms with van der Waals surface area (Å²) >= 11 is 0. The number of amides is 3. The third-order valence-electron chi connectivity index (χ3n) is 3.48. The van der Waals surface area contributed by atoms with Gasteiger partial charge in [0.05, 0.1) is 0 Å². The number of nitrogens with zero attached hydrogens (tertiary/aromatic N) is 2. The molecular weight excluding hydrogens is 262 g/mol. The lowest BCUT2D eigenvalue weighted by atomic mass is 9.94. The summed E-state index contributed by atoms with van der Waals surface area (Å²) in [4.78, 5) is 37.0. The van der Waals surface area contributed by atoms with Crippen LogP contribution in [0.4, 0.5) is 4.79 Å². The molecule has 0 radical (unpaired) electrons. The number of carboxylic acids is 1. The van der Waals surface area contributed by atoms with E-state index in [4.69, 9.17) is 5.11 Å². The third-order valence-corrected chi connectivity index (χ3v) is 3.48. The molecule has 0 aromatic heterocycles. The standard InChI is InChI=1S/C13H23N3O4/c1-15(2)11(17)3-6-14-13(20)16-7-4-10(5-8-16)9-12(18)19/h10H,3-9H2,1-2H3,(H,14,20)(H,18,19). The first kappa shape index (κ1) is 16.3. The van der Waals surface area contributed by atoms with E-state index in [1.807, 2.05) is 0 Å². The zero-order valence-corrected chi connectivity index (χ0v) is 12.1. The number of nitrogens with one attached hydrogen (secondary N) is 1. The summed E-state index contributed by atoms with van der Waals surface area (Å²) in [5.41, 5.74) is 0. The number of carboxylic acid groups (broad SMARTS) is 1. The van der Waals surface area contributed by atoms with Gasteiger partial charge in [-0.25, -0.2) is 4.79 Å². The lowest BCUT2D eigenvalue weighted by molar-refractivity contribution is -0.138. The Kier molecular flexibility index (Phi) is 6.27. The highest BCUT2D eigenvalue weighted by molar-refractivity contribution is 5.78. The normalized spacial score (nSPS) is 15.8. The number of piperidine rings is 1. The van der Waals surface area contributed by atoms with Gasteiger partial charge in [-0.05, 0) is 18.8 Å². The Balaban J connectivity index is 2.22. The van der Waals surface area contributed by atoms with Crippen LogP contribution in [0, 0.1) is 5.92 Å². The van der Waals surface area contributed by atoms with Crippen LogP contribution >= 0.6 is 0 Å². The maximum absolute atomic E-state index is 11.9. The van der Waals surface area contributed by atoms with Crippen molar-refractivity contribution < 1.29 is 19.5 Å². The second-order valence-corrected chi connectivity index (χ2v) is 5.30. The van der Waals surface area contributed by atoms with Crippen LogP contribution < -0.4 is 5.32 Å². The molecule has 0 aromatic rings. The predicted octanol–water partition coefficient (Wildman–Crippen LogP) is 0.361. The van der Waals surface area contributed by atoms with Gasteiger partial charge < -0.3 is 20.2 Å². The van der Waals surface area contributed by atoms with E-state index < -0.39 is 5.97 Å². The fraction of sp³-hybridized carbons (Fsp3) is 0.769. The van der Waals surface area contributed by atoms with Crippen molar-refractivity contribution in [3.63, 3.8) is 0 Å². The molecule has 0 bridgehead atoms. The maximum Gasteiger partial charge on any atom is 0.317 e. The predicted molar refractivity (Wildman–Crippen MR) is 73.3 cm³/mol. The van der Waals surface area contributed by atoms with Crippen LogP contribution in [0.25, 0.3) is 0 Å². The minimum atomic E-state index is -0.782. The SMILES string of the molecule is CN(C)C(=O)CCNC(=O)N1CCC(CC(=O)O)CC1. The number of carbonyl (C=O) groups excluding carboxylic acids is 2. The van der Waals surface area contributed by atoms with E-state index in [0.29, 0.717) is 19.6 Å². The molecule has 0 saturated carbocycles. The number of aliphatic carboxylic acids is 1. The topological polar surface area (TPSA) is 90.0 Å². The molecule has 0 atom stereocenters. The zero-order valence-electron chi connectivity index (χ0n) is 12.1. The van der Waals surface area contributed by atoms with Crippen molar-refractivity contribution in [2.75, 3.05) is 33.7 Å². The van der Waals surface area contributed by atoms with Crippen LogP contribution in [0.3, 0.4) is 0 Å². The zero-order chi connectivity index (χ0) is 15.1. The van der Waals surface area contributed by atoms with Crippen molar-refractivity contribution in [2.24, 2.45) is 5.92 Å². The monoisotopic (exact) mass is 285 g/mol. The minimum Gasteiger partial charge on any atom is -0.481 e. The molecule has 1 aliphatic heterocycles. The van der Waals surface area contributed by atoms with Crippen LogP contribution in [0.5, 0.6) is 0 Å². The molecular formula is C13H23N3O4. The summed E-state index contributed by atoms with van der Waals surface area (Å²) < 4.78 is 0. The Labute approximate surface area is 118 Å². The Hall–Kier alpha value is -1.79. The van der Waals surface area contributed by atoms with Gasteiger partial charge in [0.1, 0.15) is 0 Å². The summed E-state index contributed by atoms with van der Waals surface area (Å²) in [5.74, 6) is -0.646. The average Bonchev–Trinajstić information content (AvgIpc) is 2.38. The van der Waals surface area contributed by atoms with Crippen molar-refractivity contribution in [1.82, 2.24) is 15.1 Å². The Morgan fingerprint density at radius 1 is 1.25 bits per heavy atom. The van der Waals surface area contributed by atoms with Crippen LogP contribution in [0.2, 0.25) is 0 Å². The largest absolute Gasteiger partial charge is 0.481 e. The van der Waals surface area contributed by atoms with Gasteiger partial charge in [-0.1, -0.05) is 0 Å². The molecule has 0 aromatic carbocycles. The second-order valence-electron chi connectivity index (χ2n) is 5.30. The van der Waals surface area contributed by atoms with Crippen molar-refractivity contribution in [2.45, 2.75) is 25.7 Å². The molecule has 1 fully saturated rings. The highest BCUT2D eigenvalue weighted by atomic mass is 16.4. The number of hydrogen-bond donors (Lipinski definition) is 2. The molecule has 3 amide bonds. The van der Waals surface area contributed by atoms with Gasteiger partial charge in [-0.15, -0.1) is 0 Å². The van der Waals surface area contributed by atoms with Crippen LogP contribution in [-0.4, -0.2) is 66.5 Å². The summed E-state index contributed by atoms with van der Waals surface area (Å²) in [6.07, 6.45) is 1.90. The molecule has 2 N–H and O–H groups in total. The number of likely N-dealkylation sites (tertiary alicyclic amines) is 1. The molecule has 1 aliphatic rings. The number of carbonyl (C=O) groups is 3. The Morgan fingerprint density at radius 3 is 2.35 bits per heavy atom. The molecule has 7 nitrogen and oxygen atoms in total. The molecule has 114 valence electrons. The maximum atomic E-state index is 11.9. The molecule has 0 spiro atoms. The van der Waals surface area contributed by atoms with Crippen molar-refractivity contribution in [1.29, 1.82) is 0 Å². The van der Waals surface area contributed by atoms with E-state index in [1.165, 1.54) is 4.90 Å². The van der Waals surface area contributed by atoms with Gasteiger partial charge in [0.2, 0.25) is 5.91 Å². The lowest BCUT2D eigenvalue weighted by Gasteiger charge is -2.31. The summed E-state index contributed by atoms with van der Waals surface area (Å²) in [6, 6.07) is -0.176. The summed E-state index contributed by atoms with van der Waals surface area (Å²) in [5, 5.41) is 11.4. The van der Waals surface area contributed by atoms with Gasteiger partial charge in [-0.2, -0.15) is 0 Å². The summed E-state index contributed by atoms with van der Waals surface area (Å²) in [6.45, 7) is 1.47. The highest BCUT2D eigenvalue weighted by Gasteiger charge is 2.24. The molecule has 0 unspecified atom stereocenters. The molecule has 1 heterocycles. The molecule has 0 aliphatic carbocycles. The van der Waals surface area contributed by atoms with Crippen molar-refractivity contribution >= 4 is 17.9 Å². The quantitative estimate of drug-likeness (QED) is 0.763. The van der Waals surface area contributed by atoms with E-state index >= 15 is 0 Å². The van der Waals surface area contributed by atoms with E-state index in [9.17, 15) is 14.4 Å². The average molecular weight is 285 g/mol. The first-order valence-corrected chi connectivity index (χ1v) is 6.85. The number of urea groups is 1. The van der Waals surface area contributed by atoms with Gasteiger partial charge in [0.15, 0.2) is 0 Å². The van der Waals surface area contributed by atoms with Crippen LogP contribution in [-0.2, 0) is 9.59 Å². The lowest BCUT2D eigenvalue weighted by Crippen LogP contribution is -2.45. The van der Waals surface area contributed by atoms with Gasteiger partial charge >= 0.3 is 12.0 Å². The first-order valence-electron chi connectivity index (χ1n) is 6.85. The Morgan fingerprint density at radius 2 is 1.85 bits per heavy atom. The molecule has 20 heavy (non-hydrogen) atoms. The van der Waals surface area contributed by atoms with Gasteiger partial charge in [-0.3, -0.25) is 9.59 Å². The minimum absolute atomic E-state index is 0.0227. The van der Waals surface area contributed by atoms with Gasteiger partial charge in [0.25, 0.3) is 0 Å². The van der Waals surface area contributed by atoms with Crippen LogP contribution in [0.1, 0.15) is 25.7 Å². The number of hydrogen-bond acceptors (Lipinski definition) is 3. The molecule has 1 saturated heterocycles. The van der Waals surface area contributed by atoms with E-state index in [2.05, 4.69) is 5.32 Å². The van der Waals surface area contributed by atoms with Gasteiger partial charge in [0, 0.05) is 46.6 Å². The third kappa shape index (κ3) is 5.46.